The van der Waals surface area contributed by atoms with Gasteiger partial charge in [0.1, 0.15) is 0 Å². The summed E-state index contributed by atoms with van der Waals surface area (Å²) >= 11 is 0. The number of nitrogens with one attached hydrogen (secondary N) is 1. The second-order valence-electron chi connectivity index (χ2n) is 3.69. The minimum absolute atomic E-state index is 0. The average Bonchev–Trinajstić information content (AvgIpc) is 2.25. The smallest absolute Gasteiger partial charge is 0.217 e. The second kappa shape index (κ2) is 7.35. The molecule has 1 heterocycles. The van der Waals surface area contributed by atoms with Crippen molar-refractivity contribution in [3.63, 3.8) is 0 Å². The summed E-state index contributed by atoms with van der Waals surface area (Å²) < 4.78 is 13.1. The van der Waals surface area contributed by atoms with Crippen LogP contribution in [-0.2, 0) is 6.54 Å². The molecule has 0 amide bonds. The van der Waals surface area contributed by atoms with Crippen LogP contribution in [0, 0.1) is 5.95 Å². The van der Waals surface area contributed by atoms with Crippen molar-refractivity contribution in [2.24, 2.45) is 0 Å². The molecule has 86 valence electrons. The zero-order chi connectivity index (χ0) is 10.9. The van der Waals surface area contributed by atoms with Crippen molar-refractivity contribution in [1.82, 2.24) is 10.3 Å². The summed E-state index contributed by atoms with van der Waals surface area (Å²) in [6.45, 7) is 3.72. The topological polar surface area (TPSA) is 24.9 Å². The maximum atomic E-state index is 13.1. The van der Waals surface area contributed by atoms with Crippen molar-refractivity contribution >= 4 is 0 Å². The molecule has 0 fully saturated rings. The van der Waals surface area contributed by atoms with E-state index in [4.69, 9.17) is 0 Å². The van der Waals surface area contributed by atoms with Crippen LogP contribution in [0.5, 0.6) is 0 Å². The first-order valence-electron chi connectivity index (χ1n) is 5.64. The van der Waals surface area contributed by atoms with E-state index in [1.807, 2.05) is 0 Å². The van der Waals surface area contributed by atoms with Gasteiger partial charge in [0.2, 0.25) is 5.95 Å². The van der Waals surface area contributed by atoms with E-state index in [1.54, 1.807) is 12.1 Å². The molecule has 0 spiro atoms. The molecule has 15 heavy (non-hydrogen) atoms. The van der Waals surface area contributed by atoms with Gasteiger partial charge in [-0.25, -0.2) is 4.98 Å². The van der Waals surface area contributed by atoms with Crippen LogP contribution in [0.15, 0.2) is 18.3 Å². The summed E-state index contributed by atoms with van der Waals surface area (Å²) in [4.78, 5) is 3.60. The van der Waals surface area contributed by atoms with E-state index in [-0.39, 0.29) is 7.37 Å². The first kappa shape index (κ1) is 12.1. The van der Waals surface area contributed by atoms with Crippen LogP contribution < -0.4 is 5.32 Å². The van der Waals surface area contributed by atoms with Crippen LogP contribution in [-0.4, -0.2) is 11.5 Å². The van der Waals surface area contributed by atoms with Crippen LogP contribution in [0.4, 0.5) is 4.39 Å². The van der Waals surface area contributed by atoms with E-state index >= 15 is 0 Å². The molecule has 0 atom stereocenters. The number of nitrogens with zero attached hydrogens (tertiary/aromatic N) is 1. The summed E-state index contributed by atoms with van der Waals surface area (Å²) in [5.74, 6) is -0.362. The Balaban J connectivity index is 0.00000225. The monoisotopic (exact) mass is 212 g/mol. The molecule has 0 aromatic carbocycles. The zero-order valence-corrected chi connectivity index (χ0v) is 9.30. The van der Waals surface area contributed by atoms with Crippen LogP contribution in [0.2, 0.25) is 0 Å². The molecule has 0 radical (unpaired) electrons. The first-order valence-corrected chi connectivity index (χ1v) is 5.64. The summed E-state index contributed by atoms with van der Waals surface area (Å²) in [6.07, 6.45) is 6.41. The Morgan fingerprint density at radius 3 is 3.00 bits per heavy atom. The Bertz CT molecular complexity index is 281. The zero-order valence-electron chi connectivity index (χ0n) is 9.30. The van der Waals surface area contributed by atoms with Crippen molar-refractivity contribution in [3.05, 3.63) is 29.8 Å². The van der Waals surface area contributed by atoms with Gasteiger partial charge in [0.05, 0.1) is 0 Å². The highest BCUT2D eigenvalue weighted by Crippen LogP contribution is 2.02. The van der Waals surface area contributed by atoms with Gasteiger partial charge in [0.15, 0.2) is 0 Å². The fourth-order valence-corrected chi connectivity index (χ4v) is 1.45. The molecule has 0 aliphatic carbocycles. The third-order valence-corrected chi connectivity index (χ3v) is 2.36. The third-order valence-electron chi connectivity index (χ3n) is 2.36. The van der Waals surface area contributed by atoms with Gasteiger partial charge in [-0.2, -0.15) is 4.39 Å². The normalized spacial score (nSPS) is 10.5. The Kier molecular flexibility index (Phi) is 5.93. The lowest BCUT2D eigenvalue weighted by molar-refractivity contribution is 0.542. The van der Waals surface area contributed by atoms with Crippen molar-refractivity contribution < 1.29 is 5.82 Å². The molecule has 0 aliphatic rings. The van der Waals surface area contributed by atoms with Crippen LogP contribution >= 0.6 is 0 Å². The predicted molar refractivity (Wildman–Crippen MR) is 62.2 cm³/mol. The highest BCUT2D eigenvalue weighted by Gasteiger charge is 2.00. The minimum Gasteiger partial charge on any atom is -0.313 e. The second-order valence-corrected chi connectivity index (χ2v) is 3.69. The first-order chi connectivity index (χ1) is 7.34. The van der Waals surface area contributed by atoms with Crippen LogP contribution in [0.1, 0.15) is 39.6 Å². The number of aromatic nitrogens is 1. The number of rotatable bonds is 7. The number of hydrogen-bond donors (Lipinski definition) is 1. The molecule has 3 heteroatoms. The minimum atomic E-state index is -0.362. The largest absolute Gasteiger partial charge is 0.313 e. The SMILES string of the molecule is CCCCCCNCc1cccnc1F.[HH]. The van der Waals surface area contributed by atoms with Crippen LogP contribution in [0.3, 0.4) is 0 Å². The van der Waals surface area contributed by atoms with Crippen molar-refractivity contribution in [2.45, 2.75) is 39.2 Å². The molecule has 0 bridgehead atoms. The Hall–Kier alpha value is -0.960. The van der Waals surface area contributed by atoms with E-state index in [0.29, 0.717) is 12.1 Å². The van der Waals surface area contributed by atoms with Crippen LogP contribution in [0.25, 0.3) is 0 Å². The van der Waals surface area contributed by atoms with E-state index in [0.717, 1.165) is 13.0 Å². The van der Waals surface area contributed by atoms with Gasteiger partial charge >= 0.3 is 0 Å². The molecule has 0 saturated heterocycles. The van der Waals surface area contributed by atoms with E-state index < -0.39 is 0 Å². The quantitative estimate of drug-likeness (QED) is 0.555. The molecule has 1 aromatic rings. The van der Waals surface area contributed by atoms with Gasteiger partial charge in [-0.3, -0.25) is 0 Å². The van der Waals surface area contributed by atoms with E-state index in [2.05, 4.69) is 17.2 Å². The maximum absolute atomic E-state index is 13.1. The van der Waals surface area contributed by atoms with E-state index in [1.165, 1.54) is 25.5 Å². The molecule has 2 nitrogen and oxygen atoms in total. The number of hydrogen-bond acceptors (Lipinski definition) is 2. The Labute approximate surface area is 92.4 Å². The van der Waals surface area contributed by atoms with Gasteiger partial charge in [0, 0.05) is 19.7 Å². The number of unbranched alkanes of at least 4 members (excludes halogenated alkanes) is 3. The van der Waals surface area contributed by atoms with Crippen molar-refractivity contribution in [2.75, 3.05) is 6.54 Å². The molecule has 1 rings (SSSR count). The predicted octanol–water partition coefficient (Wildman–Crippen LogP) is 3.14. The van der Waals surface area contributed by atoms with Gasteiger partial charge < -0.3 is 5.32 Å². The van der Waals surface area contributed by atoms with Gasteiger partial charge in [0.25, 0.3) is 0 Å². The summed E-state index contributed by atoms with van der Waals surface area (Å²) in [7, 11) is 0. The molecular weight excluding hydrogens is 191 g/mol. The highest BCUT2D eigenvalue weighted by atomic mass is 19.1. The van der Waals surface area contributed by atoms with Gasteiger partial charge in [-0.1, -0.05) is 32.3 Å². The van der Waals surface area contributed by atoms with E-state index in [9.17, 15) is 4.39 Å². The molecule has 0 saturated carbocycles. The summed E-state index contributed by atoms with van der Waals surface area (Å²) in [6, 6.07) is 3.53. The van der Waals surface area contributed by atoms with Crippen molar-refractivity contribution in [1.29, 1.82) is 0 Å². The lowest BCUT2D eigenvalue weighted by Crippen LogP contribution is -2.15. The van der Waals surface area contributed by atoms with Gasteiger partial charge in [-0.15, -0.1) is 0 Å². The molecular formula is C12H21FN2. The molecule has 0 unspecified atom stereocenters. The Morgan fingerprint density at radius 1 is 1.40 bits per heavy atom. The Morgan fingerprint density at radius 2 is 2.27 bits per heavy atom. The van der Waals surface area contributed by atoms with Crippen molar-refractivity contribution in [3.8, 4) is 0 Å². The highest BCUT2D eigenvalue weighted by molar-refractivity contribution is 5.10. The third kappa shape index (κ3) is 4.88. The molecule has 1 N–H and O–H groups in total. The van der Waals surface area contributed by atoms with Gasteiger partial charge in [-0.05, 0) is 19.0 Å². The molecule has 0 aliphatic heterocycles. The standard InChI is InChI=1S/C12H19FN2.H2/c1-2-3-4-5-8-14-10-11-7-6-9-15-12(11)13;/h6-7,9,14H,2-5,8,10H2,1H3;1H. The maximum Gasteiger partial charge on any atom is 0.217 e. The lowest BCUT2D eigenvalue weighted by atomic mass is 10.2. The molecule has 1 aromatic heterocycles. The fraction of sp³-hybridized carbons (Fsp3) is 0.583. The fourth-order valence-electron chi connectivity index (χ4n) is 1.45. The number of halogens is 1. The summed E-state index contributed by atoms with van der Waals surface area (Å²) in [5, 5.41) is 3.22. The lowest BCUT2D eigenvalue weighted by Gasteiger charge is -2.04. The average molecular weight is 212 g/mol. The summed E-state index contributed by atoms with van der Waals surface area (Å²) in [5.41, 5.74) is 0.646. The number of pyridine rings is 1.